The quantitative estimate of drug-likeness (QED) is 0.372. The van der Waals surface area contributed by atoms with Gasteiger partial charge in [0.2, 0.25) is 0 Å². The van der Waals surface area contributed by atoms with Crippen molar-refractivity contribution >= 4 is 17.9 Å². The van der Waals surface area contributed by atoms with Gasteiger partial charge in [-0.15, -0.1) is 0 Å². The summed E-state index contributed by atoms with van der Waals surface area (Å²) in [6.45, 7) is 1.27. The molecule has 0 rings (SSSR count). The Morgan fingerprint density at radius 2 is 1.33 bits per heavy atom. The van der Waals surface area contributed by atoms with Gasteiger partial charge in [0.05, 0.1) is 27.8 Å². The molecule has 0 aliphatic rings. The van der Waals surface area contributed by atoms with Crippen LogP contribution in [0.5, 0.6) is 0 Å². The van der Waals surface area contributed by atoms with E-state index in [4.69, 9.17) is 0 Å². The predicted octanol–water partition coefficient (Wildman–Crippen LogP) is -0.0982. The topological polar surface area (TPSA) is 78.9 Å². The summed E-state index contributed by atoms with van der Waals surface area (Å²) in [5, 5.41) is 0. The van der Waals surface area contributed by atoms with Crippen molar-refractivity contribution in [1.82, 2.24) is 0 Å². The smallest absolute Gasteiger partial charge is 0.323 e. The first-order valence-corrected chi connectivity index (χ1v) is 4.16. The van der Waals surface area contributed by atoms with E-state index >= 15 is 0 Å². The number of carbonyl (C=O) groups is 3. The Morgan fingerprint density at radius 1 is 0.933 bits per heavy atom. The third-order valence-electron chi connectivity index (χ3n) is 2.00. The van der Waals surface area contributed by atoms with E-state index in [0.29, 0.717) is 0 Å². The van der Waals surface area contributed by atoms with E-state index in [1.165, 1.54) is 6.92 Å². The van der Waals surface area contributed by atoms with Gasteiger partial charge in [0.1, 0.15) is 0 Å². The largest absolute Gasteiger partial charge is 0.469 e. The Hall–Kier alpha value is -1.59. The monoisotopic (exact) mass is 218 g/mol. The van der Waals surface area contributed by atoms with Gasteiger partial charge in [-0.2, -0.15) is 0 Å². The fraction of sp³-hybridized carbons (Fsp3) is 0.667. The summed E-state index contributed by atoms with van der Waals surface area (Å²) in [6, 6.07) is 0. The Kier molecular flexibility index (Phi) is 4.77. The van der Waals surface area contributed by atoms with Crippen LogP contribution < -0.4 is 0 Å². The molecule has 0 radical (unpaired) electrons. The molecule has 0 aromatic carbocycles. The van der Waals surface area contributed by atoms with Crippen molar-refractivity contribution in [2.75, 3.05) is 21.3 Å². The number of hydrogen-bond acceptors (Lipinski definition) is 6. The van der Waals surface area contributed by atoms with Gasteiger partial charge in [0.25, 0.3) is 0 Å². The van der Waals surface area contributed by atoms with E-state index in [9.17, 15) is 14.4 Å². The van der Waals surface area contributed by atoms with Gasteiger partial charge < -0.3 is 14.2 Å². The molecule has 0 saturated carbocycles. The zero-order valence-corrected chi connectivity index (χ0v) is 9.16. The number of ether oxygens (including phenoxy) is 3. The van der Waals surface area contributed by atoms with Gasteiger partial charge in [-0.25, -0.2) is 0 Å². The summed E-state index contributed by atoms with van der Waals surface area (Å²) in [7, 11) is 3.42. The molecule has 15 heavy (non-hydrogen) atoms. The molecule has 0 N–H and O–H groups in total. The van der Waals surface area contributed by atoms with E-state index in [2.05, 4.69) is 14.2 Å². The van der Waals surface area contributed by atoms with Crippen LogP contribution in [0.1, 0.15) is 13.3 Å². The number of carbonyl (C=O) groups excluding carboxylic acids is 3. The van der Waals surface area contributed by atoms with Crippen LogP contribution in [0.25, 0.3) is 0 Å². The van der Waals surface area contributed by atoms with Gasteiger partial charge >= 0.3 is 17.9 Å². The zero-order chi connectivity index (χ0) is 12.1. The molecule has 0 heterocycles. The first kappa shape index (κ1) is 13.4. The van der Waals surface area contributed by atoms with E-state index in [1.54, 1.807) is 0 Å². The summed E-state index contributed by atoms with van der Waals surface area (Å²) in [6.07, 6.45) is -0.414. The van der Waals surface area contributed by atoms with E-state index < -0.39 is 29.7 Å². The highest BCUT2D eigenvalue weighted by molar-refractivity contribution is 6.02. The summed E-state index contributed by atoms with van der Waals surface area (Å²) < 4.78 is 13.3. The second kappa shape index (κ2) is 5.33. The third-order valence-corrected chi connectivity index (χ3v) is 2.00. The maximum Gasteiger partial charge on any atom is 0.323 e. The van der Waals surface area contributed by atoms with Gasteiger partial charge in [0, 0.05) is 0 Å². The molecule has 0 aliphatic heterocycles. The SMILES string of the molecule is COC(=O)CC(C)(C(=O)OC)C(=O)OC. The van der Waals surface area contributed by atoms with Crippen molar-refractivity contribution in [3.05, 3.63) is 0 Å². The molecule has 0 fully saturated rings. The third kappa shape index (κ3) is 2.93. The maximum absolute atomic E-state index is 11.4. The maximum atomic E-state index is 11.4. The second-order valence-corrected chi connectivity index (χ2v) is 3.07. The van der Waals surface area contributed by atoms with Crippen LogP contribution in [0.4, 0.5) is 0 Å². The van der Waals surface area contributed by atoms with Crippen molar-refractivity contribution in [2.24, 2.45) is 5.41 Å². The molecular weight excluding hydrogens is 204 g/mol. The lowest BCUT2D eigenvalue weighted by atomic mass is 9.87. The van der Waals surface area contributed by atoms with Gasteiger partial charge in [0.15, 0.2) is 5.41 Å². The summed E-state index contributed by atoms with van der Waals surface area (Å²) in [5.41, 5.74) is -1.66. The van der Waals surface area contributed by atoms with Crippen LogP contribution in [0.15, 0.2) is 0 Å². The molecule has 0 unspecified atom stereocenters. The average molecular weight is 218 g/mol. The average Bonchev–Trinajstić information content (AvgIpc) is 2.25. The van der Waals surface area contributed by atoms with Gasteiger partial charge in [-0.1, -0.05) is 0 Å². The van der Waals surface area contributed by atoms with Gasteiger partial charge in [-0.05, 0) is 6.92 Å². The molecule has 0 amide bonds. The Morgan fingerprint density at radius 3 is 1.60 bits per heavy atom. The molecule has 0 saturated heterocycles. The fourth-order valence-corrected chi connectivity index (χ4v) is 1.04. The Bertz CT molecular complexity index is 254. The van der Waals surface area contributed by atoms with Crippen molar-refractivity contribution < 1.29 is 28.6 Å². The number of methoxy groups -OCH3 is 3. The van der Waals surface area contributed by atoms with E-state index in [1.807, 2.05) is 0 Å². The molecule has 6 nitrogen and oxygen atoms in total. The lowest BCUT2D eigenvalue weighted by Gasteiger charge is -2.21. The highest BCUT2D eigenvalue weighted by atomic mass is 16.5. The van der Waals surface area contributed by atoms with Gasteiger partial charge in [-0.3, -0.25) is 14.4 Å². The summed E-state index contributed by atoms with van der Waals surface area (Å²) in [4.78, 5) is 33.7. The number of rotatable bonds is 4. The van der Waals surface area contributed by atoms with E-state index in [-0.39, 0.29) is 0 Å². The molecule has 0 bridgehead atoms. The normalized spacial score (nSPS) is 10.4. The molecule has 0 spiro atoms. The minimum Gasteiger partial charge on any atom is -0.469 e. The first-order chi connectivity index (χ1) is 6.92. The highest BCUT2D eigenvalue weighted by Crippen LogP contribution is 2.25. The number of hydrogen-bond donors (Lipinski definition) is 0. The highest BCUT2D eigenvalue weighted by Gasteiger charge is 2.46. The van der Waals surface area contributed by atoms with Crippen LogP contribution in [-0.2, 0) is 28.6 Å². The molecule has 0 aromatic heterocycles. The van der Waals surface area contributed by atoms with E-state index in [0.717, 1.165) is 21.3 Å². The lowest BCUT2D eigenvalue weighted by Crippen LogP contribution is -2.40. The predicted molar refractivity (Wildman–Crippen MR) is 48.8 cm³/mol. The van der Waals surface area contributed by atoms with Crippen molar-refractivity contribution in [3.63, 3.8) is 0 Å². The van der Waals surface area contributed by atoms with Crippen molar-refractivity contribution in [2.45, 2.75) is 13.3 Å². The van der Waals surface area contributed by atoms with Crippen molar-refractivity contribution in [1.29, 1.82) is 0 Å². The van der Waals surface area contributed by atoms with Crippen LogP contribution in [-0.4, -0.2) is 39.2 Å². The fourth-order valence-electron chi connectivity index (χ4n) is 1.04. The Labute approximate surface area is 87.5 Å². The molecule has 86 valence electrons. The Balaban J connectivity index is 4.94. The van der Waals surface area contributed by atoms with Crippen LogP contribution in [0.2, 0.25) is 0 Å². The molecule has 6 heteroatoms. The standard InChI is InChI=1S/C9H14O6/c1-9(7(11)14-3,8(12)15-4)5-6(10)13-2/h5H2,1-4H3. The lowest BCUT2D eigenvalue weighted by molar-refractivity contribution is -0.172. The first-order valence-electron chi connectivity index (χ1n) is 4.16. The summed E-state index contributed by atoms with van der Waals surface area (Å²) in [5.74, 6) is -2.35. The second-order valence-electron chi connectivity index (χ2n) is 3.07. The minimum atomic E-state index is -1.66. The molecule has 0 atom stereocenters. The molecule has 0 aliphatic carbocycles. The molecule has 0 aromatic rings. The van der Waals surface area contributed by atoms with Crippen molar-refractivity contribution in [3.8, 4) is 0 Å². The summed E-state index contributed by atoms with van der Waals surface area (Å²) >= 11 is 0. The molecular formula is C9H14O6. The van der Waals surface area contributed by atoms with Crippen LogP contribution >= 0.6 is 0 Å². The zero-order valence-electron chi connectivity index (χ0n) is 9.16. The van der Waals surface area contributed by atoms with Crippen LogP contribution in [0.3, 0.4) is 0 Å². The minimum absolute atomic E-state index is 0.414. The van der Waals surface area contributed by atoms with Crippen LogP contribution in [0, 0.1) is 5.41 Å². The number of esters is 3.